The maximum Gasteiger partial charge on any atom is 0.275 e. The largest absolute Gasteiger partial charge is 0.388 e. The summed E-state index contributed by atoms with van der Waals surface area (Å²) in [6.07, 6.45) is 0.864. The summed E-state index contributed by atoms with van der Waals surface area (Å²) in [5.74, 6) is 5.77. The summed E-state index contributed by atoms with van der Waals surface area (Å²) in [5.41, 5.74) is 0.775. The molecule has 5 heteroatoms. The van der Waals surface area contributed by atoms with Crippen molar-refractivity contribution in [2.45, 2.75) is 32.3 Å². The number of nitro benzene ring substituents is 1. The highest BCUT2D eigenvalue weighted by Gasteiger charge is 2.17. The quantitative estimate of drug-likeness (QED) is 0.389. The van der Waals surface area contributed by atoms with E-state index in [-0.39, 0.29) is 11.3 Å². The Kier molecular flexibility index (Phi) is 5.53. The number of aliphatic hydroxyl groups excluding tert-OH is 1. The summed E-state index contributed by atoms with van der Waals surface area (Å²) in [7, 11) is 0. The smallest absolute Gasteiger partial charge is 0.275 e. The van der Waals surface area contributed by atoms with Crippen molar-refractivity contribution in [1.82, 2.24) is 0 Å². The molecular formula is C14H14N2O3. The lowest BCUT2D eigenvalue weighted by Gasteiger charge is -2.05. The molecule has 0 aliphatic heterocycles. The minimum absolute atomic E-state index is 0.106. The van der Waals surface area contributed by atoms with Gasteiger partial charge in [0.1, 0.15) is 0 Å². The van der Waals surface area contributed by atoms with Gasteiger partial charge >= 0.3 is 0 Å². The molecule has 1 N–H and O–H groups in total. The molecule has 0 saturated heterocycles. The maximum atomic E-state index is 10.8. The number of nitriles is 1. The lowest BCUT2D eigenvalue weighted by Crippen LogP contribution is -1.99. The highest BCUT2D eigenvalue weighted by Crippen LogP contribution is 2.25. The Bertz CT molecular complexity index is 562. The van der Waals surface area contributed by atoms with Gasteiger partial charge in [0.25, 0.3) is 5.69 Å². The van der Waals surface area contributed by atoms with E-state index in [9.17, 15) is 15.2 Å². The van der Waals surface area contributed by atoms with Crippen LogP contribution in [0.4, 0.5) is 5.69 Å². The number of unbranched alkanes of at least 4 members (excludes halogenated alkanes) is 2. The van der Waals surface area contributed by atoms with Gasteiger partial charge in [0, 0.05) is 24.5 Å². The number of hydrogen-bond acceptors (Lipinski definition) is 4. The summed E-state index contributed by atoms with van der Waals surface area (Å²) >= 11 is 0. The molecule has 0 heterocycles. The van der Waals surface area contributed by atoms with Gasteiger partial charge in [0.15, 0.2) is 0 Å². The normalized spacial score (nSPS) is 11.0. The van der Waals surface area contributed by atoms with Crippen molar-refractivity contribution < 1.29 is 10.0 Å². The molecule has 1 unspecified atom stereocenters. The van der Waals surface area contributed by atoms with E-state index in [2.05, 4.69) is 11.8 Å². The van der Waals surface area contributed by atoms with Crippen molar-refractivity contribution >= 4 is 5.69 Å². The predicted octanol–water partition coefficient (Wildman–Crippen LogP) is 2.69. The van der Waals surface area contributed by atoms with Crippen LogP contribution in [0.1, 0.15) is 43.4 Å². The van der Waals surface area contributed by atoms with Crippen LogP contribution in [-0.2, 0) is 0 Å². The van der Waals surface area contributed by atoms with E-state index in [0.29, 0.717) is 24.8 Å². The molecule has 0 bridgehead atoms. The number of benzene rings is 1. The zero-order valence-electron chi connectivity index (χ0n) is 10.6. The third-order valence-electron chi connectivity index (χ3n) is 2.50. The lowest BCUT2D eigenvalue weighted by molar-refractivity contribution is -0.386. The second-order valence-electron chi connectivity index (χ2n) is 4.02. The Hall–Kier alpha value is -2.37. The van der Waals surface area contributed by atoms with Crippen LogP contribution in [0.5, 0.6) is 0 Å². The van der Waals surface area contributed by atoms with Gasteiger partial charge in [-0.05, 0) is 25.5 Å². The highest BCUT2D eigenvalue weighted by molar-refractivity contribution is 5.48. The van der Waals surface area contributed by atoms with Crippen molar-refractivity contribution in [2.24, 2.45) is 0 Å². The first-order valence-electron chi connectivity index (χ1n) is 5.88. The lowest BCUT2D eigenvalue weighted by atomic mass is 10.0. The summed E-state index contributed by atoms with van der Waals surface area (Å²) in [6.45, 7) is 1.48. The molecular weight excluding hydrogens is 244 g/mol. The van der Waals surface area contributed by atoms with E-state index >= 15 is 0 Å². The molecule has 98 valence electrons. The summed E-state index contributed by atoms with van der Waals surface area (Å²) in [6, 6.07) is 6.47. The predicted molar refractivity (Wildman–Crippen MR) is 70.1 cm³/mol. The number of nitro groups is 1. The van der Waals surface area contributed by atoms with Crippen LogP contribution < -0.4 is 0 Å². The van der Waals surface area contributed by atoms with Gasteiger partial charge < -0.3 is 5.11 Å². The molecule has 1 rings (SSSR count). The van der Waals surface area contributed by atoms with Crippen LogP contribution in [0.25, 0.3) is 0 Å². The minimum atomic E-state index is -0.916. The molecule has 1 aromatic rings. The topological polar surface area (TPSA) is 87.2 Å². The molecule has 0 spiro atoms. The second-order valence-corrected chi connectivity index (χ2v) is 4.02. The molecule has 0 amide bonds. The zero-order chi connectivity index (χ0) is 14.3. The molecule has 0 fully saturated rings. The Morgan fingerprint density at radius 3 is 2.79 bits per heavy atom. The van der Waals surface area contributed by atoms with E-state index in [4.69, 9.17) is 5.26 Å². The van der Waals surface area contributed by atoms with Gasteiger partial charge in [-0.2, -0.15) is 5.26 Å². The van der Waals surface area contributed by atoms with E-state index in [1.165, 1.54) is 19.1 Å². The standard InChI is InChI=1S/C14H14N2O3/c1-11(17)13-10-12(6-4-2-3-5-9-15)7-8-14(13)16(18)19/h7-8,10-11,17H,2-3,5H2,1H3. The Morgan fingerprint density at radius 1 is 1.47 bits per heavy atom. The molecule has 1 aromatic carbocycles. The van der Waals surface area contributed by atoms with Crippen molar-refractivity contribution in [3.8, 4) is 17.9 Å². The van der Waals surface area contributed by atoms with Gasteiger partial charge in [-0.25, -0.2) is 0 Å². The molecule has 0 saturated carbocycles. The Labute approximate surface area is 111 Å². The maximum absolute atomic E-state index is 10.8. The summed E-state index contributed by atoms with van der Waals surface area (Å²) in [4.78, 5) is 10.3. The molecule has 1 atom stereocenters. The fourth-order valence-electron chi connectivity index (χ4n) is 1.55. The van der Waals surface area contributed by atoms with Crippen LogP contribution >= 0.6 is 0 Å². The van der Waals surface area contributed by atoms with Crippen LogP contribution in [0.2, 0.25) is 0 Å². The van der Waals surface area contributed by atoms with Crippen molar-refractivity contribution in [1.29, 1.82) is 5.26 Å². The zero-order valence-corrected chi connectivity index (χ0v) is 10.6. The van der Waals surface area contributed by atoms with Crippen LogP contribution in [-0.4, -0.2) is 10.0 Å². The highest BCUT2D eigenvalue weighted by atomic mass is 16.6. The first kappa shape index (κ1) is 14.7. The number of rotatable bonds is 4. The molecule has 5 nitrogen and oxygen atoms in total. The van der Waals surface area contributed by atoms with Crippen LogP contribution in [0, 0.1) is 33.3 Å². The van der Waals surface area contributed by atoms with Crippen molar-refractivity contribution in [3.63, 3.8) is 0 Å². The Morgan fingerprint density at radius 2 is 2.21 bits per heavy atom. The van der Waals surface area contributed by atoms with Gasteiger partial charge in [-0.3, -0.25) is 10.1 Å². The minimum Gasteiger partial charge on any atom is -0.388 e. The Balaban J connectivity index is 2.90. The van der Waals surface area contributed by atoms with Gasteiger partial charge in [-0.15, -0.1) is 0 Å². The first-order chi connectivity index (χ1) is 9.06. The van der Waals surface area contributed by atoms with Crippen molar-refractivity contribution in [2.75, 3.05) is 0 Å². The molecule has 19 heavy (non-hydrogen) atoms. The van der Waals surface area contributed by atoms with E-state index in [1.54, 1.807) is 6.07 Å². The summed E-state index contributed by atoms with van der Waals surface area (Å²) in [5, 5.41) is 28.7. The molecule has 0 aromatic heterocycles. The van der Waals surface area contributed by atoms with Crippen LogP contribution in [0.15, 0.2) is 18.2 Å². The van der Waals surface area contributed by atoms with Crippen molar-refractivity contribution in [3.05, 3.63) is 39.4 Å². The number of aliphatic hydroxyl groups is 1. The average Bonchev–Trinajstić information content (AvgIpc) is 2.38. The van der Waals surface area contributed by atoms with E-state index < -0.39 is 11.0 Å². The number of nitrogens with zero attached hydrogens (tertiary/aromatic N) is 2. The van der Waals surface area contributed by atoms with Crippen LogP contribution in [0.3, 0.4) is 0 Å². The molecule has 0 radical (unpaired) electrons. The van der Waals surface area contributed by atoms with Gasteiger partial charge in [0.2, 0.25) is 0 Å². The fourth-order valence-corrected chi connectivity index (χ4v) is 1.55. The summed E-state index contributed by atoms with van der Waals surface area (Å²) < 4.78 is 0. The van der Waals surface area contributed by atoms with E-state index in [1.807, 2.05) is 6.07 Å². The van der Waals surface area contributed by atoms with Gasteiger partial charge in [0.05, 0.1) is 22.7 Å². The molecule has 0 aliphatic rings. The monoisotopic (exact) mass is 258 g/mol. The van der Waals surface area contributed by atoms with E-state index in [0.717, 1.165) is 0 Å². The molecule has 0 aliphatic carbocycles. The average molecular weight is 258 g/mol. The second kappa shape index (κ2) is 7.15. The third kappa shape index (κ3) is 4.42. The SMILES string of the molecule is CC(O)c1cc(C#CCCCC#N)ccc1[N+](=O)[O-]. The first-order valence-corrected chi connectivity index (χ1v) is 5.88. The fraction of sp³-hybridized carbons (Fsp3) is 0.357. The third-order valence-corrected chi connectivity index (χ3v) is 2.50. The number of hydrogen-bond donors (Lipinski definition) is 1. The van der Waals surface area contributed by atoms with Gasteiger partial charge in [-0.1, -0.05) is 11.8 Å².